The smallest absolute Gasteiger partial charge is 0.319 e. The van der Waals surface area contributed by atoms with Crippen LogP contribution in [0.4, 0.5) is 16.2 Å². The molecule has 0 bridgehead atoms. The van der Waals surface area contributed by atoms with Crippen LogP contribution in [-0.2, 0) is 0 Å². The van der Waals surface area contributed by atoms with Crippen molar-refractivity contribution in [2.75, 3.05) is 42.9 Å². The first-order valence-electron chi connectivity index (χ1n) is 9.50. The summed E-state index contributed by atoms with van der Waals surface area (Å²) in [6.07, 6.45) is 5.66. The van der Waals surface area contributed by atoms with Crippen LogP contribution in [0, 0.1) is 0 Å². The van der Waals surface area contributed by atoms with Crippen LogP contribution in [0.5, 0.6) is 0 Å². The van der Waals surface area contributed by atoms with Crippen LogP contribution < -0.4 is 15.5 Å². The summed E-state index contributed by atoms with van der Waals surface area (Å²) in [4.78, 5) is 17.0. The second-order valence-corrected chi connectivity index (χ2v) is 7.48. The molecule has 1 aromatic rings. The van der Waals surface area contributed by atoms with Gasteiger partial charge in [0.1, 0.15) is 0 Å². The van der Waals surface area contributed by atoms with Crippen LogP contribution in [0.15, 0.2) is 18.2 Å². The number of rotatable bonds is 5. The van der Waals surface area contributed by atoms with Gasteiger partial charge in [0.05, 0.1) is 10.7 Å². The van der Waals surface area contributed by atoms with E-state index < -0.39 is 0 Å². The second-order valence-electron chi connectivity index (χ2n) is 7.07. The van der Waals surface area contributed by atoms with Crippen molar-refractivity contribution >= 4 is 29.0 Å². The molecular formula is C19H29ClN4O. The maximum absolute atomic E-state index is 12.3. The Labute approximate surface area is 155 Å². The van der Waals surface area contributed by atoms with Gasteiger partial charge in [-0.25, -0.2) is 4.79 Å². The Hall–Kier alpha value is -1.46. The second kappa shape index (κ2) is 8.77. The Bertz CT molecular complexity index is 581. The van der Waals surface area contributed by atoms with Gasteiger partial charge < -0.3 is 20.4 Å². The van der Waals surface area contributed by atoms with Gasteiger partial charge in [-0.3, -0.25) is 0 Å². The van der Waals surface area contributed by atoms with Crippen molar-refractivity contribution in [2.45, 2.75) is 45.1 Å². The Morgan fingerprint density at radius 2 is 1.92 bits per heavy atom. The fraction of sp³-hybridized carbons (Fsp3) is 0.632. The number of carbonyl (C=O) groups excluding carboxylic acids is 1. The van der Waals surface area contributed by atoms with Gasteiger partial charge in [0, 0.05) is 37.9 Å². The van der Waals surface area contributed by atoms with E-state index in [9.17, 15) is 4.79 Å². The molecule has 2 amide bonds. The molecule has 2 saturated heterocycles. The molecule has 0 radical (unpaired) electrons. The molecular weight excluding hydrogens is 336 g/mol. The molecule has 6 heteroatoms. The van der Waals surface area contributed by atoms with E-state index in [4.69, 9.17) is 11.6 Å². The lowest BCUT2D eigenvalue weighted by atomic mass is 10.1. The third-order valence-corrected chi connectivity index (χ3v) is 5.42. The van der Waals surface area contributed by atoms with Crippen molar-refractivity contribution in [1.29, 1.82) is 0 Å². The molecule has 2 N–H and O–H groups in total. The summed E-state index contributed by atoms with van der Waals surface area (Å²) in [5, 5.41) is 6.71. The molecule has 2 aliphatic rings. The van der Waals surface area contributed by atoms with E-state index in [-0.39, 0.29) is 12.1 Å². The van der Waals surface area contributed by atoms with Gasteiger partial charge >= 0.3 is 6.03 Å². The van der Waals surface area contributed by atoms with E-state index in [1.165, 1.54) is 19.3 Å². The highest BCUT2D eigenvalue weighted by molar-refractivity contribution is 6.33. The molecule has 0 spiro atoms. The molecule has 0 atom stereocenters. The average Bonchev–Trinajstić information content (AvgIpc) is 3.11. The van der Waals surface area contributed by atoms with E-state index in [2.05, 4.69) is 27.4 Å². The molecule has 2 heterocycles. The van der Waals surface area contributed by atoms with Crippen LogP contribution in [0.2, 0.25) is 5.02 Å². The minimum atomic E-state index is -0.140. The summed E-state index contributed by atoms with van der Waals surface area (Å²) >= 11 is 6.41. The fourth-order valence-corrected chi connectivity index (χ4v) is 4.07. The zero-order chi connectivity index (χ0) is 17.6. The number of hydrogen-bond donors (Lipinski definition) is 2. The van der Waals surface area contributed by atoms with Crippen molar-refractivity contribution in [3.63, 3.8) is 0 Å². The molecule has 2 fully saturated rings. The topological polar surface area (TPSA) is 47.6 Å². The summed E-state index contributed by atoms with van der Waals surface area (Å²) < 4.78 is 0. The first kappa shape index (κ1) is 18.3. The monoisotopic (exact) mass is 364 g/mol. The van der Waals surface area contributed by atoms with Crippen LogP contribution in [-0.4, -0.2) is 49.7 Å². The number of likely N-dealkylation sites (tertiary alicyclic amines) is 1. The molecule has 3 rings (SSSR count). The van der Waals surface area contributed by atoms with E-state index in [1.54, 1.807) is 0 Å². The van der Waals surface area contributed by atoms with Gasteiger partial charge in [0.2, 0.25) is 0 Å². The highest BCUT2D eigenvalue weighted by Gasteiger charge is 2.20. The van der Waals surface area contributed by atoms with E-state index in [0.717, 1.165) is 56.9 Å². The van der Waals surface area contributed by atoms with Gasteiger partial charge in [0.25, 0.3) is 0 Å². The summed E-state index contributed by atoms with van der Waals surface area (Å²) in [6.45, 7) is 7.61. The van der Waals surface area contributed by atoms with Crippen molar-refractivity contribution in [3.8, 4) is 0 Å². The van der Waals surface area contributed by atoms with Gasteiger partial charge in [-0.15, -0.1) is 0 Å². The summed E-state index contributed by atoms with van der Waals surface area (Å²) in [5.74, 6) is 0. The maximum atomic E-state index is 12.3. The van der Waals surface area contributed by atoms with Crippen molar-refractivity contribution in [3.05, 3.63) is 23.2 Å². The minimum Gasteiger partial charge on any atom is -0.370 e. The van der Waals surface area contributed by atoms with Crippen molar-refractivity contribution in [1.82, 2.24) is 10.2 Å². The largest absolute Gasteiger partial charge is 0.370 e. The standard InChI is InChI=1S/C19H29ClN4O/c1-2-9-23-12-7-15(8-13-23)21-19(25)22-16-5-6-18(17(20)14-16)24-10-3-4-11-24/h5-6,14-15H,2-4,7-13H2,1H3,(H2,21,22,25). The lowest BCUT2D eigenvalue weighted by Crippen LogP contribution is -2.46. The van der Waals surface area contributed by atoms with Gasteiger partial charge in [-0.1, -0.05) is 18.5 Å². The number of anilines is 2. The SMILES string of the molecule is CCCN1CCC(NC(=O)Nc2ccc(N3CCCC3)c(Cl)c2)CC1. The predicted octanol–water partition coefficient (Wildman–Crippen LogP) is 3.94. The Morgan fingerprint density at radius 1 is 1.20 bits per heavy atom. The Balaban J connectivity index is 1.49. The molecule has 2 aliphatic heterocycles. The van der Waals surface area contributed by atoms with E-state index in [1.807, 2.05) is 18.2 Å². The molecule has 25 heavy (non-hydrogen) atoms. The summed E-state index contributed by atoms with van der Waals surface area (Å²) in [5.41, 5.74) is 1.81. The van der Waals surface area contributed by atoms with Crippen LogP contribution in [0.1, 0.15) is 39.0 Å². The quantitative estimate of drug-likeness (QED) is 0.832. The maximum Gasteiger partial charge on any atom is 0.319 e. The molecule has 5 nitrogen and oxygen atoms in total. The van der Waals surface area contributed by atoms with Crippen LogP contribution in [0.25, 0.3) is 0 Å². The lowest BCUT2D eigenvalue weighted by Gasteiger charge is -2.32. The average molecular weight is 365 g/mol. The summed E-state index contributed by atoms with van der Waals surface area (Å²) in [7, 11) is 0. The zero-order valence-electron chi connectivity index (χ0n) is 15.1. The molecule has 1 aromatic carbocycles. The van der Waals surface area contributed by atoms with Gasteiger partial charge in [-0.05, 0) is 56.8 Å². The predicted molar refractivity (Wildman–Crippen MR) is 105 cm³/mol. The zero-order valence-corrected chi connectivity index (χ0v) is 15.8. The van der Waals surface area contributed by atoms with Crippen molar-refractivity contribution < 1.29 is 4.79 Å². The number of piperidine rings is 1. The molecule has 0 aromatic heterocycles. The summed E-state index contributed by atoms with van der Waals surface area (Å²) in [6, 6.07) is 5.90. The number of hydrogen-bond acceptors (Lipinski definition) is 3. The number of benzene rings is 1. The highest BCUT2D eigenvalue weighted by Crippen LogP contribution is 2.31. The number of nitrogens with zero attached hydrogens (tertiary/aromatic N) is 2. The lowest BCUT2D eigenvalue weighted by molar-refractivity contribution is 0.196. The van der Waals surface area contributed by atoms with Crippen LogP contribution in [0.3, 0.4) is 0 Å². The molecule has 0 unspecified atom stereocenters. The molecule has 138 valence electrons. The molecule has 0 saturated carbocycles. The van der Waals surface area contributed by atoms with E-state index >= 15 is 0 Å². The Morgan fingerprint density at radius 3 is 2.56 bits per heavy atom. The number of halogens is 1. The first-order valence-corrected chi connectivity index (χ1v) is 9.88. The minimum absolute atomic E-state index is 0.140. The normalized spacial score (nSPS) is 19.2. The number of urea groups is 1. The van der Waals surface area contributed by atoms with Crippen LogP contribution >= 0.6 is 11.6 Å². The first-order chi connectivity index (χ1) is 12.2. The highest BCUT2D eigenvalue weighted by atomic mass is 35.5. The van der Waals surface area contributed by atoms with E-state index in [0.29, 0.717) is 5.02 Å². The number of carbonyl (C=O) groups is 1. The molecule has 0 aliphatic carbocycles. The van der Waals surface area contributed by atoms with Gasteiger partial charge in [0.15, 0.2) is 0 Å². The Kier molecular flexibility index (Phi) is 6.43. The third kappa shape index (κ3) is 5.02. The number of nitrogens with one attached hydrogen (secondary N) is 2. The third-order valence-electron chi connectivity index (χ3n) is 5.11. The fourth-order valence-electron chi connectivity index (χ4n) is 3.77. The number of amides is 2. The van der Waals surface area contributed by atoms with Gasteiger partial charge in [-0.2, -0.15) is 0 Å². The van der Waals surface area contributed by atoms with Crippen molar-refractivity contribution in [2.24, 2.45) is 0 Å².